The molecule has 72 valence electrons. The standard InChI is InChI=1S/C9H7BrN2O2/c1-14-9(13)6-2-3-7-8(10)11-5-12(7)4-6/h2-5H,1H3. The van der Waals surface area contributed by atoms with Crippen LogP contribution in [0.25, 0.3) is 5.52 Å². The molecule has 14 heavy (non-hydrogen) atoms. The molecule has 2 aromatic rings. The van der Waals surface area contributed by atoms with Crippen molar-refractivity contribution in [1.82, 2.24) is 9.38 Å². The van der Waals surface area contributed by atoms with E-state index >= 15 is 0 Å². The number of nitrogens with zero attached hydrogens (tertiary/aromatic N) is 2. The van der Waals surface area contributed by atoms with Crippen molar-refractivity contribution in [3.8, 4) is 0 Å². The van der Waals surface area contributed by atoms with Crippen LogP contribution >= 0.6 is 15.9 Å². The Balaban J connectivity index is 2.57. The van der Waals surface area contributed by atoms with Gasteiger partial charge in [0.15, 0.2) is 0 Å². The smallest absolute Gasteiger partial charge is 0.339 e. The molecule has 2 aromatic heterocycles. The molecule has 2 rings (SSSR count). The maximum absolute atomic E-state index is 11.2. The van der Waals surface area contributed by atoms with E-state index in [-0.39, 0.29) is 5.97 Å². The van der Waals surface area contributed by atoms with Gasteiger partial charge in [0.25, 0.3) is 0 Å². The number of fused-ring (bicyclic) bond motifs is 1. The zero-order chi connectivity index (χ0) is 10.1. The fourth-order valence-corrected chi connectivity index (χ4v) is 1.63. The van der Waals surface area contributed by atoms with Gasteiger partial charge in [-0.2, -0.15) is 0 Å². The third-order valence-electron chi connectivity index (χ3n) is 1.91. The van der Waals surface area contributed by atoms with E-state index in [1.807, 2.05) is 6.07 Å². The summed E-state index contributed by atoms with van der Waals surface area (Å²) in [7, 11) is 1.36. The second kappa shape index (κ2) is 3.42. The summed E-state index contributed by atoms with van der Waals surface area (Å²) in [5, 5.41) is 0. The van der Waals surface area contributed by atoms with Gasteiger partial charge >= 0.3 is 5.97 Å². The van der Waals surface area contributed by atoms with Crippen LogP contribution in [0.2, 0.25) is 0 Å². The average molecular weight is 255 g/mol. The van der Waals surface area contributed by atoms with Gasteiger partial charge in [0.05, 0.1) is 18.2 Å². The number of pyridine rings is 1. The lowest BCUT2D eigenvalue weighted by Crippen LogP contribution is -2.02. The number of imidazole rings is 1. The van der Waals surface area contributed by atoms with E-state index in [2.05, 4.69) is 25.7 Å². The van der Waals surface area contributed by atoms with Crippen LogP contribution in [0.1, 0.15) is 10.4 Å². The molecular weight excluding hydrogens is 248 g/mol. The number of hydrogen-bond donors (Lipinski definition) is 0. The highest BCUT2D eigenvalue weighted by molar-refractivity contribution is 9.10. The number of aromatic nitrogens is 2. The van der Waals surface area contributed by atoms with Gasteiger partial charge in [0, 0.05) is 6.20 Å². The fourth-order valence-electron chi connectivity index (χ4n) is 1.21. The van der Waals surface area contributed by atoms with Crippen LogP contribution in [0, 0.1) is 0 Å². The Kier molecular flexibility index (Phi) is 2.25. The second-order valence-corrected chi connectivity index (χ2v) is 3.49. The number of methoxy groups -OCH3 is 1. The molecule has 0 aliphatic carbocycles. The molecule has 0 atom stereocenters. The van der Waals surface area contributed by atoms with Crippen molar-refractivity contribution in [2.45, 2.75) is 0 Å². The van der Waals surface area contributed by atoms with Crippen molar-refractivity contribution in [3.63, 3.8) is 0 Å². The Morgan fingerprint density at radius 1 is 1.57 bits per heavy atom. The van der Waals surface area contributed by atoms with Crippen LogP contribution in [-0.2, 0) is 4.74 Å². The van der Waals surface area contributed by atoms with Crippen molar-refractivity contribution in [1.29, 1.82) is 0 Å². The van der Waals surface area contributed by atoms with Crippen LogP contribution in [0.4, 0.5) is 0 Å². The Morgan fingerprint density at radius 2 is 2.36 bits per heavy atom. The zero-order valence-electron chi connectivity index (χ0n) is 7.40. The Labute approximate surface area is 88.6 Å². The molecule has 0 aliphatic rings. The minimum absolute atomic E-state index is 0.350. The molecule has 5 heteroatoms. The van der Waals surface area contributed by atoms with Crippen molar-refractivity contribution >= 4 is 27.4 Å². The lowest BCUT2D eigenvalue weighted by Gasteiger charge is -1.99. The number of carbonyl (C=O) groups excluding carboxylic acids is 1. The summed E-state index contributed by atoms with van der Waals surface area (Å²) in [5.74, 6) is -0.350. The zero-order valence-corrected chi connectivity index (χ0v) is 8.98. The molecule has 0 saturated heterocycles. The second-order valence-electron chi connectivity index (χ2n) is 2.74. The Hall–Kier alpha value is -1.36. The average Bonchev–Trinajstić information content (AvgIpc) is 2.59. The molecule has 4 nitrogen and oxygen atoms in total. The van der Waals surface area contributed by atoms with Crippen molar-refractivity contribution in [2.75, 3.05) is 7.11 Å². The molecule has 0 unspecified atom stereocenters. The number of hydrogen-bond acceptors (Lipinski definition) is 3. The third kappa shape index (κ3) is 1.39. The molecule has 0 radical (unpaired) electrons. The number of halogens is 1. The summed E-state index contributed by atoms with van der Waals surface area (Å²) in [6, 6.07) is 3.51. The minimum Gasteiger partial charge on any atom is -0.465 e. The van der Waals surface area contributed by atoms with E-state index in [0.29, 0.717) is 5.56 Å². The summed E-state index contributed by atoms with van der Waals surface area (Å²) >= 11 is 3.30. The summed E-state index contributed by atoms with van der Waals surface area (Å²) in [6.45, 7) is 0. The number of ether oxygens (including phenoxy) is 1. The summed E-state index contributed by atoms with van der Waals surface area (Å²) in [4.78, 5) is 15.2. The first-order valence-corrected chi connectivity index (χ1v) is 4.72. The highest BCUT2D eigenvalue weighted by Gasteiger charge is 2.07. The van der Waals surface area contributed by atoms with Gasteiger partial charge in [-0.3, -0.25) is 0 Å². The molecule has 2 heterocycles. The number of rotatable bonds is 1. The van der Waals surface area contributed by atoms with E-state index in [1.54, 1.807) is 23.0 Å². The van der Waals surface area contributed by atoms with Crippen LogP contribution in [0.3, 0.4) is 0 Å². The molecule has 0 aliphatic heterocycles. The van der Waals surface area contributed by atoms with E-state index in [9.17, 15) is 4.79 Å². The summed E-state index contributed by atoms with van der Waals surface area (Å²) < 4.78 is 7.13. The summed E-state index contributed by atoms with van der Waals surface area (Å²) in [6.07, 6.45) is 3.31. The highest BCUT2D eigenvalue weighted by Crippen LogP contribution is 2.16. The number of esters is 1. The monoisotopic (exact) mass is 254 g/mol. The normalized spacial score (nSPS) is 10.4. The van der Waals surface area contributed by atoms with E-state index < -0.39 is 0 Å². The van der Waals surface area contributed by atoms with Crippen molar-refractivity contribution in [3.05, 3.63) is 34.8 Å². The minimum atomic E-state index is -0.350. The first-order valence-electron chi connectivity index (χ1n) is 3.93. The topological polar surface area (TPSA) is 43.6 Å². The number of carbonyl (C=O) groups is 1. The van der Waals surface area contributed by atoms with Crippen molar-refractivity contribution < 1.29 is 9.53 Å². The molecule has 0 aromatic carbocycles. The van der Waals surface area contributed by atoms with E-state index in [1.165, 1.54) is 7.11 Å². The van der Waals surface area contributed by atoms with Crippen LogP contribution in [0.5, 0.6) is 0 Å². The molecule has 0 fully saturated rings. The van der Waals surface area contributed by atoms with Crippen LogP contribution in [0.15, 0.2) is 29.3 Å². The van der Waals surface area contributed by atoms with Gasteiger partial charge in [-0.1, -0.05) is 0 Å². The quantitative estimate of drug-likeness (QED) is 0.731. The molecule has 0 saturated carbocycles. The van der Waals surface area contributed by atoms with Crippen LogP contribution in [-0.4, -0.2) is 22.5 Å². The van der Waals surface area contributed by atoms with Gasteiger partial charge in [0.2, 0.25) is 0 Å². The maximum Gasteiger partial charge on any atom is 0.339 e. The predicted molar refractivity (Wildman–Crippen MR) is 54.2 cm³/mol. The molecular formula is C9H7BrN2O2. The first kappa shape index (κ1) is 9.21. The van der Waals surface area contributed by atoms with Crippen LogP contribution < -0.4 is 0 Å². The molecule has 0 spiro atoms. The Morgan fingerprint density at radius 3 is 3.07 bits per heavy atom. The first-order chi connectivity index (χ1) is 6.72. The fraction of sp³-hybridized carbons (Fsp3) is 0.111. The maximum atomic E-state index is 11.2. The lowest BCUT2D eigenvalue weighted by molar-refractivity contribution is 0.0600. The third-order valence-corrected chi connectivity index (χ3v) is 2.52. The van der Waals surface area contributed by atoms with E-state index in [4.69, 9.17) is 0 Å². The van der Waals surface area contributed by atoms with Gasteiger partial charge < -0.3 is 9.14 Å². The summed E-state index contributed by atoms with van der Waals surface area (Å²) in [5.41, 5.74) is 1.42. The van der Waals surface area contributed by atoms with Gasteiger partial charge in [-0.15, -0.1) is 0 Å². The molecule has 0 N–H and O–H groups in total. The predicted octanol–water partition coefficient (Wildman–Crippen LogP) is 1.88. The van der Waals surface area contributed by atoms with Crippen molar-refractivity contribution in [2.24, 2.45) is 0 Å². The SMILES string of the molecule is COC(=O)c1ccc2c(Br)ncn2c1. The largest absolute Gasteiger partial charge is 0.465 e. The lowest BCUT2D eigenvalue weighted by atomic mass is 10.3. The van der Waals surface area contributed by atoms with Gasteiger partial charge in [-0.25, -0.2) is 9.78 Å². The Bertz CT molecular complexity index is 493. The highest BCUT2D eigenvalue weighted by atomic mass is 79.9. The van der Waals surface area contributed by atoms with Gasteiger partial charge in [-0.05, 0) is 28.1 Å². The molecule has 0 amide bonds. The van der Waals surface area contributed by atoms with Gasteiger partial charge in [0.1, 0.15) is 10.9 Å². The van der Waals surface area contributed by atoms with E-state index in [0.717, 1.165) is 10.1 Å². The molecule has 0 bridgehead atoms.